The van der Waals surface area contributed by atoms with E-state index in [4.69, 9.17) is 9.47 Å². The van der Waals surface area contributed by atoms with Gasteiger partial charge in [-0.15, -0.1) is 0 Å². The molecule has 0 radical (unpaired) electrons. The third-order valence-electron chi connectivity index (χ3n) is 4.25. The molecule has 4 amide bonds. The van der Waals surface area contributed by atoms with Gasteiger partial charge in [-0.1, -0.05) is 0 Å². The first-order valence-electron chi connectivity index (χ1n) is 9.01. The van der Waals surface area contributed by atoms with Gasteiger partial charge in [-0.25, -0.2) is 19.8 Å². The quantitative estimate of drug-likeness (QED) is 0.698. The van der Waals surface area contributed by atoms with E-state index in [1.54, 1.807) is 52.5 Å². The Balaban J connectivity index is 1.91. The van der Waals surface area contributed by atoms with Crippen LogP contribution in [-0.4, -0.2) is 57.0 Å². The highest BCUT2D eigenvalue weighted by Crippen LogP contribution is 2.37. The molecule has 9 nitrogen and oxygen atoms in total. The Bertz CT molecular complexity index is 744. The van der Waals surface area contributed by atoms with E-state index in [1.165, 1.54) is 0 Å². The Morgan fingerprint density at radius 3 is 2.26 bits per heavy atom. The third kappa shape index (κ3) is 3.77. The number of nitrogens with zero attached hydrogens (tertiary/aromatic N) is 3. The number of urea groups is 1. The summed E-state index contributed by atoms with van der Waals surface area (Å²) in [5, 5.41) is 4.12. The maximum absolute atomic E-state index is 12.6. The molecule has 3 heterocycles. The van der Waals surface area contributed by atoms with Crippen molar-refractivity contribution in [2.45, 2.75) is 77.7 Å². The number of fused-ring (bicyclic) bond motifs is 4. The highest BCUT2D eigenvalue weighted by atomic mass is 16.6. The molecule has 1 N–H and O–H groups in total. The topological polar surface area (TPSA) is 101 Å². The van der Waals surface area contributed by atoms with Crippen LogP contribution < -0.4 is 5.43 Å². The number of carbonyl (C=O) groups excluding carboxylic acids is 3. The number of amides is 4. The molecule has 0 aliphatic carbocycles. The average molecular weight is 378 g/mol. The number of ether oxygens (including phenoxy) is 2. The molecule has 148 valence electrons. The van der Waals surface area contributed by atoms with Crippen molar-refractivity contribution >= 4 is 23.9 Å². The van der Waals surface area contributed by atoms with Crippen LogP contribution in [0.2, 0.25) is 0 Å². The predicted octanol–water partition coefficient (Wildman–Crippen LogP) is 2.97. The van der Waals surface area contributed by atoms with Gasteiger partial charge in [0.1, 0.15) is 16.9 Å². The molecule has 27 heavy (non-hydrogen) atoms. The second kappa shape index (κ2) is 6.24. The van der Waals surface area contributed by atoms with Crippen molar-refractivity contribution < 1.29 is 23.9 Å². The lowest BCUT2D eigenvalue weighted by atomic mass is 10.0. The van der Waals surface area contributed by atoms with Crippen molar-refractivity contribution in [2.24, 2.45) is 5.10 Å². The summed E-state index contributed by atoms with van der Waals surface area (Å²) in [4.78, 5) is 40.0. The molecule has 3 rings (SSSR count). The number of nitrogens with one attached hydrogen (secondary N) is 1. The van der Waals surface area contributed by atoms with Crippen LogP contribution in [0.5, 0.6) is 0 Å². The van der Waals surface area contributed by atoms with E-state index in [-0.39, 0.29) is 12.1 Å². The standard InChI is InChI=1S/C18H26N4O5/c1-17(2,3)26-15(24)21-10-7-8-11(21)13-12(9-10)22(14(23)20-19-13)16(25)27-18(4,5)6/h9-11H,7-8H2,1-6H3,(H,20,23)/t10-,11+/m0/s1. The molecule has 0 saturated carbocycles. The summed E-state index contributed by atoms with van der Waals surface area (Å²) in [5.74, 6) is 0. The van der Waals surface area contributed by atoms with Crippen LogP contribution in [0.4, 0.5) is 14.4 Å². The molecule has 0 aromatic rings. The Labute approximate surface area is 158 Å². The smallest absolute Gasteiger partial charge is 0.423 e. The summed E-state index contributed by atoms with van der Waals surface area (Å²) >= 11 is 0. The average Bonchev–Trinajstić information content (AvgIpc) is 2.79. The van der Waals surface area contributed by atoms with Crippen molar-refractivity contribution in [3.8, 4) is 0 Å². The number of carbonyl (C=O) groups is 3. The molecule has 2 bridgehead atoms. The van der Waals surface area contributed by atoms with Gasteiger partial charge < -0.3 is 9.47 Å². The highest BCUT2D eigenvalue weighted by Gasteiger charge is 2.49. The summed E-state index contributed by atoms with van der Waals surface area (Å²) in [6, 6.07) is -1.31. The number of rotatable bonds is 0. The SMILES string of the molecule is CC(C)(C)OC(=O)N1C(=O)NN=C2C1=C[C@@H]1CC[C@H]2N1C(=O)OC(C)(C)C. The maximum Gasteiger partial charge on any atom is 0.423 e. The van der Waals surface area contributed by atoms with E-state index < -0.39 is 29.4 Å². The minimum absolute atomic E-state index is 0.269. The summed E-state index contributed by atoms with van der Waals surface area (Å²) in [5.41, 5.74) is 1.81. The first kappa shape index (κ1) is 19.2. The molecule has 3 aliphatic rings. The van der Waals surface area contributed by atoms with E-state index in [2.05, 4.69) is 10.5 Å². The lowest BCUT2D eigenvalue weighted by Crippen LogP contribution is -2.57. The van der Waals surface area contributed by atoms with Crippen LogP contribution in [-0.2, 0) is 9.47 Å². The van der Waals surface area contributed by atoms with Crippen LogP contribution in [0.3, 0.4) is 0 Å². The number of hydrogen-bond donors (Lipinski definition) is 1. The van der Waals surface area contributed by atoms with E-state index in [0.717, 1.165) is 4.90 Å². The maximum atomic E-state index is 12.6. The largest absolute Gasteiger partial charge is 0.444 e. The van der Waals surface area contributed by atoms with Crippen molar-refractivity contribution in [3.05, 3.63) is 11.8 Å². The van der Waals surface area contributed by atoms with Gasteiger partial charge in [-0.3, -0.25) is 4.90 Å². The Morgan fingerprint density at radius 2 is 1.67 bits per heavy atom. The molecule has 9 heteroatoms. The highest BCUT2D eigenvalue weighted by molar-refractivity contribution is 6.14. The molecule has 0 aromatic heterocycles. The van der Waals surface area contributed by atoms with Crippen LogP contribution in [0.15, 0.2) is 16.9 Å². The van der Waals surface area contributed by atoms with Crippen molar-refractivity contribution in [1.82, 2.24) is 15.2 Å². The molecular weight excluding hydrogens is 352 g/mol. The lowest BCUT2D eigenvalue weighted by molar-refractivity contribution is 0.0213. The zero-order valence-corrected chi connectivity index (χ0v) is 16.5. The monoisotopic (exact) mass is 378 g/mol. The molecule has 2 atom stereocenters. The van der Waals surface area contributed by atoms with Gasteiger partial charge in [0.25, 0.3) is 0 Å². The van der Waals surface area contributed by atoms with Crippen LogP contribution in [0.1, 0.15) is 54.4 Å². The Morgan fingerprint density at radius 1 is 1.07 bits per heavy atom. The van der Waals surface area contributed by atoms with Crippen LogP contribution in [0.25, 0.3) is 0 Å². The van der Waals surface area contributed by atoms with Gasteiger partial charge in [-0.05, 0) is 60.5 Å². The molecule has 1 saturated heterocycles. The molecule has 0 aromatic carbocycles. The zero-order chi connectivity index (χ0) is 20.1. The Hall–Kier alpha value is -2.58. The Kier molecular flexibility index (Phi) is 4.44. The van der Waals surface area contributed by atoms with Crippen molar-refractivity contribution in [1.29, 1.82) is 0 Å². The van der Waals surface area contributed by atoms with Gasteiger partial charge in [0.2, 0.25) is 0 Å². The fourth-order valence-corrected chi connectivity index (χ4v) is 3.36. The van der Waals surface area contributed by atoms with Crippen LogP contribution >= 0.6 is 0 Å². The summed E-state index contributed by atoms with van der Waals surface area (Å²) < 4.78 is 10.9. The fourth-order valence-electron chi connectivity index (χ4n) is 3.36. The predicted molar refractivity (Wildman–Crippen MR) is 97.0 cm³/mol. The summed E-state index contributed by atoms with van der Waals surface area (Å²) in [7, 11) is 0. The first-order valence-corrected chi connectivity index (χ1v) is 9.01. The molecule has 1 fully saturated rings. The molecule has 3 aliphatic heterocycles. The second-order valence-electron chi connectivity index (χ2n) is 8.83. The lowest BCUT2D eigenvalue weighted by Gasteiger charge is -2.39. The van der Waals surface area contributed by atoms with E-state index in [0.29, 0.717) is 24.3 Å². The summed E-state index contributed by atoms with van der Waals surface area (Å²) in [6.07, 6.45) is 1.87. The van der Waals surface area contributed by atoms with Crippen molar-refractivity contribution in [2.75, 3.05) is 0 Å². The van der Waals surface area contributed by atoms with E-state index in [9.17, 15) is 14.4 Å². The van der Waals surface area contributed by atoms with Gasteiger partial charge in [-0.2, -0.15) is 10.0 Å². The number of imide groups is 1. The minimum Gasteiger partial charge on any atom is -0.444 e. The zero-order valence-electron chi connectivity index (χ0n) is 16.5. The van der Waals surface area contributed by atoms with Crippen LogP contribution in [0, 0.1) is 0 Å². The molecular formula is C18H26N4O5. The minimum atomic E-state index is -0.774. The van der Waals surface area contributed by atoms with Gasteiger partial charge in [0.05, 0.1) is 17.8 Å². The normalized spacial score (nSPS) is 24.6. The fraction of sp³-hybridized carbons (Fsp3) is 0.667. The van der Waals surface area contributed by atoms with Crippen molar-refractivity contribution in [3.63, 3.8) is 0 Å². The molecule has 0 spiro atoms. The second-order valence-corrected chi connectivity index (χ2v) is 8.83. The van der Waals surface area contributed by atoms with E-state index in [1.807, 2.05) is 0 Å². The first-order chi connectivity index (χ1) is 12.4. The third-order valence-corrected chi connectivity index (χ3v) is 4.25. The number of hydrazone groups is 1. The van der Waals surface area contributed by atoms with Gasteiger partial charge >= 0.3 is 18.2 Å². The summed E-state index contributed by atoms with van der Waals surface area (Å²) in [6.45, 7) is 10.6. The molecule has 0 unspecified atom stereocenters. The van der Waals surface area contributed by atoms with Gasteiger partial charge in [0, 0.05) is 0 Å². The van der Waals surface area contributed by atoms with E-state index >= 15 is 0 Å². The van der Waals surface area contributed by atoms with Gasteiger partial charge in [0.15, 0.2) is 0 Å². The number of hydrogen-bond acceptors (Lipinski definition) is 6.